The Kier molecular flexibility index (Phi) is 7.04. The van der Waals surface area contributed by atoms with Gasteiger partial charge < -0.3 is 15.1 Å². The van der Waals surface area contributed by atoms with E-state index in [1.54, 1.807) is 18.2 Å². The third-order valence-electron chi connectivity index (χ3n) is 5.11. The number of benzene rings is 2. The zero-order valence-electron chi connectivity index (χ0n) is 16.6. The SMILES string of the molecule is CC(C)C(NC(=O)c1ccccc1)C(=O)N1CCN(c2ccc(Cl)c(Cl)c2)CC1. The monoisotopic (exact) mass is 433 g/mol. The number of carbonyl (C=O) groups is 2. The van der Waals surface area contributed by atoms with Crippen molar-refractivity contribution in [2.75, 3.05) is 31.1 Å². The molecule has 1 fully saturated rings. The number of nitrogens with one attached hydrogen (secondary N) is 1. The minimum Gasteiger partial charge on any atom is -0.368 e. The molecule has 0 bridgehead atoms. The van der Waals surface area contributed by atoms with E-state index < -0.39 is 6.04 Å². The molecule has 3 rings (SSSR count). The molecule has 154 valence electrons. The van der Waals surface area contributed by atoms with Crippen LogP contribution in [0.15, 0.2) is 48.5 Å². The second kappa shape index (κ2) is 9.51. The van der Waals surface area contributed by atoms with Crippen molar-refractivity contribution < 1.29 is 9.59 Å². The van der Waals surface area contributed by atoms with Gasteiger partial charge in [0.15, 0.2) is 0 Å². The van der Waals surface area contributed by atoms with Gasteiger partial charge in [-0.25, -0.2) is 0 Å². The van der Waals surface area contributed by atoms with Crippen LogP contribution in [0.5, 0.6) is 0 Å². The Morgan fingerprint density at radius 1 is 0.931 bits per heavy atom. The van der Waals surface area contributed by atoms with E-state index in [1.165, 1.54) is 0 Å². The van der Waals surface area contributed by atoms with Crippen LogP contribution in [0.4, 0.5) is 5.69 Å². The fourth-order valence-corrected chi connectivity index (χ4v) is 3.68. The molecule has 0 spiro atoms. The normalized spacial score (nSPS) is 15.3. The van der Waals surface area contributed by atoms with Crippen molar-refractivity contribution in [1.82, 2.24) is 10.2 Å². The molecule has 0 aromatic heterocycles. The number of amides is 2. The molecule has 1 heterocycles. The molecule has 1 N–H and O–H groups in total. The standard InChI is InChI=1S/C22H25Cl2N3O2/c1-15(2)20(25-21(28)16-6-4-3-5-7-16)22(29)27-12-10-26(11-13-27)17-8-9-18(23)19(24)14-17/h3-9,14-15,20H,10-13H2,1-2H3,(H,25,28). The smallest absolute Gasteiger partial charge is 0.251 e. The van der Waals surface area contributed by atoms with Gasteiger partial charge in [0, 0.05) is 37.4 Å². The fraction of sp³-hybridized carbons (Fsp3) is 0.364. The second-order valence-corrected chi connectivity index (χ2v) is 8.29. The maximum absolute atomic E-state index is 13.1. The molecule has 1 atom stereocenters. The van der Waals surface area contributed by atoms with Crippen molar-refractivity contribution in [3.05, 3.63) is 64.1 Å². The topological polar surface area (TPSA) is 52.7 Å². The van der Waals surface area contributed by atoms with Crippen LogP contribution in [0.2, 0.25) is 10.0 Å². The Morgan fingerprint density at radius 3 is 2.17 bits per heavy atom. The zero-order chi connectivity index (χ0) is 21.0. The van der Waals surface area contributed by atoms with E-state index in [-0.39, 0.29) is 17.7 Å². The van der Waals surface area contributed by atoms with E-state index in [0.29, 0.717) is 41.8 Å². The lowest BCUT2D eigenvalue weighted by Crippen LogP contribution is -2.56. The van der Waals surface area contributed by atoms with E-state index in [9.17, 15) is 9.59 Å². The zero-order valence-corrected chi connectivity index (χ0v) is 18.1. The number of nitrogens with zero attached hydrogens (tertiary/aromatic N) is 2. The number of rotatable bonds is 5. The van der Waals surface area contributed by atoms with Gasteiger partial charge in [-0.15, -0.1) is 0 Å². The van der Waals surface area contributed by atoms with Crippen molar-refractivity contribution in [2.24, 2.45) is 5.92 Å². The average Bonchev–Trinajstić information content (AvgIpc) is 2.74. The summed E-state index contributed by atoms with van der Waals surface area (Å²) in [5.41, 5.74) is 1.54. The third kappa shape index (κ3) is 5.22. The first-order valence-corrected chi connectivity index (χ1v) is 10.5. The summed E-state index contributed by atoms with van der Waals surface area (Å²) in [5.74, 6) is -0.284. The van der Waals surface area contributed by atoms with Gasteiger partial charge in [-0.1, -0.05) is 55.2 Å². The molecule has 7 heteroatoms. The molecule has 1 aliphatic rings. The highest BCUT2D eigenvalue weighted by Gasteiger charge is 2.31. The minimum atomic E-state index is -0.556. The van der Waals surface area contributed by atoms with Crippen molar-refractivity contribution in [3.8, 4) is 0 Å². The van der Waals surface area contributed by atoms with Crippen molar-refractivity contribution in [1.29, 1.82) is 0 Å². The first kappa shape index (κ1) is 21.5. The predicted octanol–water partition coefficient (Wildman–Crippen LogP) is 4.10. The molecule has 2 amide bonds. The maximum Gasteiger partial charge on any atom is 0.251 e. The highest BCUT2D eigenvalue weighted by Crippen LogP contribution is 2.28. The third-order valence-corrected chi connectivity index (χ3v) is 5.85. The van der Waals surface area contributed by atoms with Crippen LogP contribution in [-0.2, 0) is 4.79 Å². The molecule has 1 unspecified atom stereocenters. The van der Waals surface area contributed by atoms with Gasteiger partial charge in [-0.05, 0) is 36.2 Å². The first-order chi connectivity index (χ1) is 13.9. The molecular weight excluding hydrogens is 409 g/mol. The molecular formula is C22H25Cl2N3O2. The lowest BCUT2D eigenvalue weighted by molar-refractivity contribution is -0.134. The number of halogens is 2. The summed E-state index contributed by atoms with van der Waals surface area (Å²) in [6.07, 6.45) is 0. The summed E-state index contributed by atoms with van der Waals surface area (Å²) in [5, 5.41) is 3.96. The first-order valence-electron chi connectivity index (χ1n) is 9.71. The Hall–Kier alpha value is -2.24. The molecule has 29 heavy (non-hydrogen) atoms. The van der Waals surface area contributed by atoms with Gasteiger partial charge in [0.1, 0.15) is 6.04 Å². The van der Waals surface area contributed by atoms with E-state index in [4.69, 9.17) is 23.2 Å². The fourth-order valence-electron chi connectivity index (χ4n) is 3.39. The molecule has 0 saturated carbocycles. The van der Waals surface area contributed by atoms with Gasteiger partial charge in [-0.3, -0.25) is 9.59 Å². The Morgan fingerprint density at radius 2 is 1.59 bits per heavy atom. The summed E-state index contributed by atoms with van der Waals surface area (Å²) in [4.78, 5) is 29.6. The van der Waals surface area contributed by atoms with Crippen molar-refractivity contribution in [3.63, 3.8) is 0 Å². The number of hydrogen-bond acceptors (Lipinski definition) is 3. The van der Waals surface area contributed by atoms with Crippen LogP contribution in [0.3, 0.4) is 0 Å². The Balaban J connectivity index is 1.62. The number of anilines is 1. The summed E-state index contributed by atoms with van der Waals surface area (Å²) in [6.45, 7) is 6.45. The highest BCUT2D eigenvalue weighted by atomic mass is 35.5. The molecule has 0 radical (unpaired) electrons. The van der Waals surface area contributed by atoms with Gasteiger partial charge in [-0.2, -0.15) is 0 Å². The summed E-state index contributed by atoms with van der Waals surface area (Å²) in [7, 11) is 0. The van der Waals surface area contributed by atoms with Crippen LogP contribution in [0, 0.1) is 5.92 Å². The number of hydrogen-bond donors (Lipinski definition) is 1. The lowest BCUT2D eigenvalue weighted by atomic mass is 10.0. The van der Waals surface area contributed by atoms with Crippen LogP contribution in [0.25, 0.3) is 0 Å². The number of carbonyl (C=O) groups excluding carboxylic acids is 2. The molecule has 2 aromatic carbocycles. The van der Waals surface area contributed by atoms with Gasteiger partial charge >= 0.3 is 0 Å². The van der Waals surface area contributed by atoms with Crippen molar-refractivity contribution in [2.45, 2.75) is 19.9 Å². The lowest BCUT2D eigenvalue weighted by Gasteiger charge is -2.38. The summed E-state index contributed by atoms with van der Waals surface area (Å²) >= 11 is 12.1. The quantitative estimate of drug-likeness (QED) is 0.771. The largest absolute Gasteiger partial charge is 0.368 e. The Labute approximate surface area is 181 Å². The Bertz CT molecular complexity index is 866. The van der Waals surface area contributed by atoms with Crippen LogP contribution in [-0.4, -0.2) is 48.9 Å². The highest BCUT2D eigenvalue weighted by molar-refractivity contribution is 6.42. The van der Waals surface area contributed by atoms with Crippen LogP contribution >= 0.6 is 23.2 Å². The van der Waals surface area contributed by atoms with Gasteiger partial charge in [0.2, 0.25) is 5.91 Å². The molecule has 0 aliphatic carbocycles. The van der Waals surface area contributed by atoms with Crippen molar-refractivity contribution >= 4 is 40.7 Å². The second-order valence-electron chi connectivity index (χ2n) is 7.47. The number of piperazine rings is 1. The van der Waals surface area contributed by atoms with E-state index in [0.717, 1.165) is 5.69 Å². The van der Waals surface area contributed by atoms with E-state index in [2.05, 4.69) is 10.2 Å². The van der Waals surface area contributed by atoms with Gasteiger partial charge in [0.05, 0.1) is 10.0 Å². The van der Waals surface area contributed by atoms with E-state index in [1.807, 2.05) is 49.1 Å². The van der Waals surface area contributed by atoms with E-state index >= 15 is 0 Å². The van der Waals surface area contributed by atoms with Crippen LogP contribution < -0.4 is 10.2 Å². The summed E-state index contributed by atoms with van der Waals surface area (Å²) in [6, 6.07) is 14.0. The van der Waals surface area contributed by atoms with Gasteiger partial charge in [0.25, 0.3) is 5.91 Å². The minimum absolute atomic E-state index is 0.0109. The molecule has 1 saturated heterocycles. The molecule has 5 nitrogen and oxygen atoms in total. The molecule has 1 aliphatic heterocycles. The average molecular weight is 434 g/mol. The maximum atomic E-state index is 13.1. The summed E-state index contributed by atoms with van der Waals surface area (Å²) < 4.78 is 0. The molecule has 2 aromatic rings. The van der Waals surface area contributed by atoms with Crippen LogP contribution in [0.1, 0.15) is 24.2 Å². The predicted molar refractivity (Wildman–Crippen MR) is 118 cm³/mol.